The van der Waals surface area contributed by atoms with Gasteiger partial charge in [-0.3, -0.25) is 4.79 Å². The van der Waals surface area contributed by atoms with Gasteiger partial charge in [0.2, 0.25) is 5.91 Å². The smallest absolute Gasteiger partial charge is 0.239 e. The summed E-state index contributed by atoms with van der Waals surface area (Å²) >= 11 is 0. The van der Waals surface area contributed by atoms with Crippen LogP contribution in [0.1, 0.15) is 27.2 Å². The summed E-state index contributed by atoms with van der Waals surface area (Å²) in [5.74, 6) is -0.191. The summed E-state index contributed by atoms with van der Waals surface area (Å²) in [5, 5.41) is 8.88. The highest BCUT2D eigenvalue weighted by Gasteiger charge is 2.22. The minimum atomic E-state index is -0.518. The summed E-state index contributed by atoms with van der Waals surface area (Å²) in [4.78, 5) is 13.7. The zero-order valence-electron chi connectivity index (χ0n) is 10.7. The Bertz CT molecular complexity index is 246. The molecule has 4 nitrogen and oxygen atoms in total. The van der Waals surface area contributed by atoms with Crippen LogP contribution in [0.25, 0.3) is 0 Å². The number of carbonyl (C=O) groups excluding carboxylic acids is 1. The van der Waals surface area contributed by atoms with Crippen LogP contribution >= 0.6 is 0 Å². The summed E-state index contributed by atoms with van der Waals surface area (Å²) < 4.78 is 4.97. The van der Waals surface area contributed by atoms with Gasteiger partial charge in [0.05, 0.1) is 12.7 Å². The predicted molar refractivity (Wildman–Crippen MR) is 62.7 cm³/mol. The van der Waals surface area contributed by atoms with Crippen LogP contribution in [0.4, 0.5) is 0 Å². The van der Waals surface area contributed by atoms with Crippen molar-refractivity contribution in [2.75, 3.05) is 26.8 Å². The van der Waals surface area contributed by atoms with E-state index < -0.39 is 5.92 Å². The van der Waals surface area contributed by atoms with Crippen LogP contribution in [0.5, 0.6) is 0 Å². The average Bonchev–Trinajstić information content (AvgIpc) is 2.25. The second-order valence-electron chi connectivity index (χ2n) is 4.26. The average molecular weight is 226 g/mol. The van der Waals surface area contributed by atoms with E-state index in [1.54, 1.807) is 12.0 Å². The molecule has 1 unspecified atom stereocenters. The zero-order valence-corrected chi connectivity index (χ0v) is 10.7. The highest BCUT2D eigenvalue weighted by molar-refractivity contribution is 5.81. The quantitative estimate of drug-likeness (QED) is 0.663. The largest absolute Gasteiger partial charge is 0.383 e. The molecule has 0 aromatic carbocycles. The van der Waals surface area contributed by atoms with Crippen molar-refractivity contribution in [1.82, 2.24) is 4.90 Å². The number of hydrogen-bond acceptors (Lipinski definition) is 3. The van der Waals surface area contributed by atoms with E-state index in [-0.39, 0.29) is 5.91 Å². The first-order valence-electron chi connectivity index (χ1n) is 5.74. The molecule has 0 spiro atoms. The number of hydrogen-bond donors (Lipinski definition) is 0. The molecule has 4 heteroatoms. The number of ether oxygens (including phenoxy) is 1. The fraction of sp³-hybridized carbons (Fsp3) is 0.833. The van der Waals surface area contributed by atoms with Gasteiger partial charge in [-0.2, -0.15) is 5.26 Å². The van der Waals surface area contributed by atoms with Crippen molar-refractivity contribution < 1.29 is 9.53 Å². The Morgan fingerprint density at radius 3 is 2.50 bits per heavy atom. The molecule has 0 N–H and O–H groups in total. The van der Waals surface area contributed by atoms with Crippen molar-refractivity contribution in [3.63, 3.8) is 0 Å². The van der Waals surface area contributed by atoms with Gasteiger partial charge >= 0.3 is 0 Å². The van der Waals surface area contributed by atoms with E-state index in [1.165, 1.54) is 0 Å². The second kappa shape index (κ2) is 8.12. The van der Waals surface area contributed by atoms with Gasteiger partial charge in [0.25, 0.3) is 0 Å². The molecular formula is C12H22N2O2. The first-order chi connectivity index (χ1) is 7.56. The van der Waals surface area contributed by atoms with Gasteiger partial charge in [-0.25, -0.2) is 0 Å². The maximum absolute atomic E-state index is 12.0. The lowest BCUT2D eigenvalue weighted by molar-refractivity contribution is -0.135. The van der Waals surface area contributed by atoms with Crippen molar-refractivity contribution in [2.45, 2.75) is 27.2 Å². The van der Waals surface area contributed by atoms with Crippen molar-refractivity contribution in [1.29, 1.82) is 5.26 Å². The summed E-state index contributed by atoms with van der Waals surface area (Å²) in [5.41, 5.74) is 0. The van der Waals surface area contributed by atoms with Crippen molar-refractivity contribution in [3.8, 4) is 6.07 Å². The Morgan fingerprint density at radius 2 is 2.12 bits per heavy atom. The Kier molecular flexibility index (Phi) is 7.57. The van der Waals surface area contributed by atoms with E-state index in [0.29, 0.717) is 32.0 Å². The Labute approximate surface area is 98.2 Å². The fourth-order valence-corrected chi connectivity index (χ4v) is 1.48. The second-order valence-corrected chi connectivity index (χ2v) is 4.26. The van der Waals surface area contributed by atoms with E-state index in [1.807, 2.05) is 13.0 Å². The van der Waals surface area contributed by atoms with Gasteiger partial charge in [-0.05, 0) is 12.3 Å². The molecule has 0 aliphatic rings. The molecule has 1 atom stereocenters. The van der Waals surface area contributed by atoms with E-state index >= 15 is 0 Å². The van der Waals surface area contributed by atoms with Crippen LogP contribution < -0.4 is 0 Å². The molecule has 0 saturated carbocycles. The highest BCUT2D eigenvalue weighted by atomic mass is 16.5. The lowest BCUT2D eigenvalue weighted by atomic mass is 10.1. The fourth-order valence-electron chi connectivity index (χ4n) is 1.48. The highest BCUT2D eigenvalue weighted by Crippen LogP contribution is 2.09. The minimum Gasteiger partial charge on any atom is -0.383 e. The van der Waals surface area contributed by atoms with Crippen molar-refractivity contribution >= 4 is 5.91 Å². The van der Waals surface area contributed by atoms with Gasteiger partial charge < -0.3 is 9.64 Å². The molecular weight excluding hydrogens is 204 g/mol. The molecule has 0 aromatic heterocycles. The van der Waals surface area contributed by atoms with Crippen LogP contribution in [-0.4, -0.2) is 37.6 Å². The third-order valence-electron chi connectivity index (χ3n) is 2.32. The number of nitrogens with zero attached hydrogens (tertiary/aromatic N) is 2. The van der Waals surface area contributed by atoms with Crippen molar-refractivity contribution in [2.24, 2.45) is 11.8 Å². The van der Waals surface area contributed by atoms with Crippen LogP contribution in [-0.2, 0) is 9.53 Å². The number of rotatable bonds is 7. The molecule has 0 fully saturated rings. The topological polar surface area (TPSA) is 53.3 Å². The van der Waals surface area contributed by atoms with E-state index in [0.717, 1.165) is 0 Å². The zero-order chi connectivity index (χ0) is 12.6. The molecule has 0 aliphatic heterocycles. The lowest BCUT2D eigenvalue weighted by Gasteiger charge is -2.25. The van der Waals surface area contributed by atoms with Crippen molar-refractivity contribution in [3.05, 3.63) is 0 Å². The van der Waals surface area contributed by atoms with E-state index in [2.05, 4.69) is 13.8 Å². The number of carbonyl (C=O) groups is 1. The standard InChI is InChI=1S/C12H22N2O2/c1-5-11(8-13)12(15)14(6-7-16-4)9-10(2)3/h10-11H,5-7,9H2,1-4H3. The molecule has 0 rings (SSSR count). The third kappa shape index (κ3) is 5.13. The summed E-state index contributed by atoms with van der Waals surface area (Å²) in [6, 6.07) is 2.05. The van der Waals surface area contributed by atoms with Gasteiger partial charge in [0.1, 0.15) is 5.92 Å². The summed E-state index contributed by atoms with van der Waals surface area (Å²) in [7, 11) is 1.61. The molecule has 0 bridgehead atoms. The molecule has 16 heavy (non-hydrogen) atoms. The van der Waals surface area contributed by atoms with Crippen LogP contribution in [0.15, 0.2) is 0 Å². The van der Waals surface area contributed by atoms with Crippen LogP contribution in [0, 0.1) is 23.2 Å². The summed E-state index contributed by atoms with van der Waals surface area (Å²) in [6.45, 7) is 7.73. The Morgan fingerprint density at radius 1 is 1.50 bits per heavy atom. The first kappa shape index (κ1) is 14.9. The van der Waals surface area contributed by atoms with E-state index in [9.17, 15) is 4.79 Å². The van der Waals surface area contributed by atoms with Gasteiger partial charge in [-0.1, -0.05) is 20.8 Å². The molecule has 0 saturated heterocycles. The Hall–Kier alpha value is -1.08. The monoisotopic (exact) mass is 226 g/mol. The van der Waals surface area contributed by atoms with E-state index in [4.69, 9.17) is 10.00 Å². The molecule has 0 aromatic rings. The van der Waals surface area contributed by atoms with Gasteiger partial charge in [-0.15, -0.1) is 0 Å². The molecule has 0 radical (unpaired) electrons. The number of amides is 1. The van der Waals surface area contributed by atoms with Crippen LogP contribution in [0.3, 0.4) is 0 Å². The number of methoxy groups -OCH3 is 1. The first-order valence-corrected chi connectivity index (χ1v) is 5.74. The molecule has 92 valence electrons. The minimum absolute atomic E-state index is 0.0734. The normalized spacial score (nSPS) is 12.2. The molecule has 0 heterocycles. The molecule has 1 amide bonds. The predicted octanol–water partition coefficient (Wildman–Crippen LogP) is 1.67. The maximum Gasteiger partial charge on any atom is 0.239 e. The summed E-state index contributed by atoms with van der Waals surface area (Å²) in [6.07, 6.45) is 0.566. The lowest BCUT2D eigenvalue weighted by Crippen LogP contribution is -2.40. The van der Waals surface area contributed by atoms with Crippen LogP contribution in [0.2, 0.25) is 0 Å². The molecule has 0 aliphatic carbocycles. The maximum atomic E-state index is 12.0. The van der Waals surface area contributed by atoms with Gasteiger partial charge in [0, 0.05) is 20.2 Å². The van der Waals surface area contributed by atoms with Gasteiger partial charge in [0.15, 0.2) is 0 Å². The Balaban J connectivity index is 4.48. The SMILES string of the molecule is CCC(C#N)C(=O)N(CCOC)CC(C)C. The number of nitriles is 1. The third-order valence-corrected chi connectivity index (χ3v) is 2.32.